The van der Waals surface area contributed by atoms with Crippen molar-refractivity contribution in [3.05, 3.63) is 70.3 Å². The van der Waals surface area contributed by atoms with E-state index in [1.807, 2.05) is 18.2 Å². The number of nitrogens with zero attached hydrogens (tertiary/aromatic N) is 1. The Kier molecular flexibility index (Phi) is 9.43. The Morgan fingerprint density at radius 1 is 1.22 bits per heavy atom. The fraction of sp³-hybridized carbons (Fsp3) is 0.543. The van der Waals surface area contributed by atoms with E-state index in [4.69, 9.17) is 26.8 Å². The van der Waals surface area contributed by atoms with Crippen molar-refractivity contribution in [2.45, 2.75) is 88.1 Å². The number of benzene rings is 2. The van der Waals surface area contributed by atoms with Crippen LogP contribution in [-0.4, -0.2) is 57.4 Å². The van der Waals surface area contributed by atoms with Crippen LogP contribution in [0.5, 0.6) is 5.75 Å². The normalized spacial score (nSPS) is 30.4. The fourth-order valence-corrected chi connectivity index (χ4v) is 9.37. The van der Waals surface area contributed by atoms with Crippen LogP contribution >= 0.6 is 11.6 Å². The van der Waals surface area contributed by atoms with Gasteiger partial charge in [0.1, 0.15) is 11.9 Å². The van der Waals surface area contributed by atoms with E-state index in [1.165, 1.54) is 11.1 Å². The first-order valence-electron chi connectivity index (χ1n) is 16.5. The molecule has 9 nitrogen and oxygen atoms in total. The molecule has 2 aliphatic heterocycles. The lowest BCUT2D eigenvalue weighted by Gasteiger charge is -2.46. The van der Waals surface area contributed by atoms with Crippen LogP contribution in [0.1, 0.15) is 80.3 Å². The van der Waals surface area contributed by atoms with Crippen molar-refractivity contribution < 1.29 is 27.5 Å². The summed E-state index contributed by atoms with van der Waals surface area (Å²) in [5.74, 6) is -0.107. The highest BCUT2D eigenvalue weighted by molar-refractivity contribution is 7.90. The van der Waals surface area contributed by atoms with Gasteiger partial charge < -0.3 is 20.1 Å². The number of carbonyl (C=O) groups excluding carboxylic acids is 2. The second-order valence-electron chi connectivity index (χ2n) is 13.4. The van der Waals surface area contributed by atoms with E-state index in [-0.39, 0.29) is 28.9 Å². The summed E-state index contributed by atoms with van der Waals surface area (Å²) in [6.45, 7) is 5.30. The monoisotopic (exact) mass is 669 g/mol. The molecular weight excluding hydrogens is 626 g/mol. The van der Waals surface area contributed by atoms with Crippen molar-refractivity contribution in [2.75, 3.05) is 24.6 Å². The number of halogens is 1. The lowest BCUT2D eigenvalue weighted by molar-refractivity contribution is -0.134. The summed E-state index contributed by atoms with van der Waals surface area (Å²) in [6, 6.07) is 11.3. The van der Waals surface area contributed by atoms with Gasteiger partial charge in [0.2, 0.25) is 15.9 Å². The average Bonchev–Trinajstić information content (AvgIpc) is 3.15. The number of ether oxygens (including phenoxy) is 2. The molecule has 0 unspecified atom stereocenters. The van der Waals surface area contributed by atoms with Gasteiger partial charge in [-0.05, 0) is 112 Å². The lowest BCUT2D eigenvalue weighted by Crippen LogP contribution is -2.50. The van der Waals surface area contributed by atoms with Crippen molar-refractivity contribution in [3.63, 3.8) is 0 Å². The number of hydrogen-bond donors (Lipinski definition) is 2. The van der Waals surface area contributed by atoms with Gasteiger partial charge >= 0.3 is 0 Å². The Morgan fingerprint density at radius 3 is 2.78 bits per heavy atom. The van der Waals surface area contributed by atoms with Crippen LogP contribution in [0.4, 0.5) is 5.69 Å². The molecule has 6 rings (SSSR count). The first kappa shape index (κ1) is 32.8. The zero-order valence-corrected chi connectivity index (χ0v) is 28.1. The van der Waals surface area contributed by atoms with Crippen LogP contribution in [0.2, 0.25) is 5.02 Å². The third-order valence-corrected chi connectivity index (χ3v) is 12.7. The number of fused-ring (bicyclic) bond motifs is 4. The Morgan fingerprint density at radius 2 is 2.04 bits per heavy atom. The van der Waals surface area contributed by atoms with Crippen LogP contribution in [0, 0.1) is 11.8 Å². The van der Waals surface area contributed by atoms with Gasteiger partial charge in [0, 0.05) is 29.1 Å². The SMILES string of the molecule is CC[C@@H]1CC/C=C\[C@H](O[C@H](C)C(N)=O)[C@@H]2CC[C@H]2CN2C[C@@]3(CCCc4cc(Cl)ccc43)COc3ccc(cc32)C(=O)NS1(=O)=O. The van der Waals surface area contributed by atoms with Crippen molar-refractivity contribution in [3.8, 4) is 5.75 Å². The van der Waals surface area contributed by atoms with Crippen molar-refractivity contribution >= 4 is 39.1 Å². The zero-order valence-electron chi connectivity index (χ0n) is 26.5. The molecule has 0 saturated heterocycles. The summed E-state index contributed by atoms with van der Waals surface area (Å²) < 4.78 is 41.8. The minimum absolute atomic E-state index is 0.143. The van der Waals surface area contributed by atoms with E-state index in [0.717, 1.165) is 42.8 Å². The number of aryl methyl sites for hydroxylation is 1. The largest absolute Gasteiger partial charge is 0.490 e. The molecule has 2 aliphatic carbocycles. The molecule has 6 atom stereocenters. The van der Waals surface area contributed by atoms with Crippen LogP contribution < -0.4 is 20.1 Å². The van der Waals surface area contributed by atoms with Gasteiger partial charge in [-0.2, -0.15) is 0 Å². The second-order valence-corrected chi connectivity index (χ2v) is 15.8. The third kappa shape index (κ3) is 6.53. The standard InChI is InChI=1S/C35H44ClN3O6S/c1-3-27-8-4-5-9-31(45-22(2)33(37)40)28-13-10-25(28)19-39-20-35(16-6-7-23-17-26(36)12-14-29(23)35)21-44-32-15-11-24(18-30(32)39)34(41)38-46(27,42)43/h5,9,11-12,14-15,17-18,22,25,27-28,31H,3-4,6-8,10,13,16,19-21H2,1-2H3,(H2,37,40)(H,38,41)/b9-5-/t22-,25+,27-,28-,31+,35+/m1/s1. The highest BCUT2D eigenvalue weighted by Gasteiger charge is 2.45. The van der Waals surface area contributed by atoms with Crippen molar-refractivity contribution in [2.24, 2.45) is 17.6 Å². The molecule has 11 heteroatoms. The van der Waals surface area contributed by atoms with Crippen LogP contribution in [-0.2, 0) is 31.4 Å². The minimum atomic E-state index is -3.93. The van der Waals surface area contributed by atoms with Crippen molar-refractivity contribution in [1.29, 1.82) is 0 Å². The maximum Gasteiger partial charge on any atom is 0.264 e. The van der Waals surface area contributed by atoms with E-state index in [0.29, 0.717) is 44.7 Å². The minimum Gasteiger partial charge on any atom is -0.490 e. The molecule has 1 saturated carbocycles. The number of carbonyl (C=O) groups is 2. The molecule has 2 aromatic rings. The predicted octanol–water partition coefficient (Wildman–Crippen LogP) is 5.29. The number of primary amides is 1. The maximum atomic E-state index is 13.4. The van der Waals surface area contributed by atoms with Gasteiger partial charge in [0.15, 0.2) is 0 Å². The summed E-state index contributed by atoms with van der Waals surface area (Å²) in [5, 5.41) is -0.0223. The molecule has 0 radical (unpaired) electrons. The lowest BCUT2D eigenvalue weighted by atomic mass is 9.68. The molecule has 3 N–H and O–H groups in total. The fourth-order valence-electron chi connectivity index (χ4n) is 7.75. The quantitative estimate of drug-likeness (QED) is 0.424. The molecule has 1 spiro atoms. The molecule has 2 aromatic carbocycles. The van der Waals surface area contributed by atoms with Crippen molar-refractivity contribution in [1.82, 2.24) is 4.72 Å². The Bertz CT molecular complexity index is 1630. The molecule has 0 aromatic heterocycles. The number of sulfonamides is 1. The molecule has 2 heterocycles. The Balaban J connectivity index is 1.42. The number of hydrogen-bond acceptors (Lipinski definition) is 7. The van der Waals surface area contributed by atoms with Crippen LogP contribution in [0.25, 0.3) is 0 Å². The molecule has 2 bridgehead atoms. The number of allylic oxidation sites excluding steroid dienone is 1. The number of amides is 2. The van der Waals surface area contributed by atoms with Gasteiger partial charge in [0.05, 0.1) is 23.6 Å². The summed E-state index contributed by atoms with van der Waals surface area (Å²) in [4.78, 5) is 27.8. The summed E-state index contributed by atoms with van der Waals surface area (Å²) in [6.07, 6.45) is 8.84. The smallest absolute Gasteiger partial charge is 0.264 e. The average molecular weight is 670 g/mol. The van der Waals surface area contributed by atoms with Gasteiger partial charge in [-0.1, -0.05) is 36.7 Å². The molecule has 248 valence electrons. The predicted molar refractivity (Wildman–Crippen MR) is 179 cm³/mol. The van der Waals surface area contributed by atoms with E-state index >= 15 is 0 Å². The highest BCUT2D eigenvalue weighted by Crippen LogP contribution is 2.47. The number of rotatable bonds is 4. The highest BCUT2D eigenvalue weighted by atomic mass is 35.5. The number of nitrogens with one attached hydrogen (secondary N) is 1. The Hall–Kier alpha value is -3.08. The van der Waals surface area contributed by atoms with Gasteiger partial charge in [-0.15, -0.1) is 0 Å². The molecule has 46 heavy (non-hydrogen) atoms. The van der Waals surface area contributed by atoms with Gasteiger partial charge in [-0.25, -0.2) is 13.1 Å². The van der Waals surface area contributed by atoms with E-state index in [9.17, 15) is 18.0 Å². The third-order valence-electron chi connectivity index (χ3n) is 10.5. The summed E-state index contributed by atoms with van der Waals surface area (Å²) in [5.41, 5.74) is 8.81. The summed E-state index contributed by atoms with van der Waals surface area (Å²) >= 11 is 6.42. The summed E-state index contributed by atoms with van der Waals surface area (Å²) in [7, 11) is -3.93. The van der Waals surface area contributed by atoms with Crippen LogP contribution in [0.3, 0.4) is 0 Å². The number of nitrogens with two attached hydrogens (primary N) is 1. The molecule has 4 aliphatic rings. The van der Waals surface area contributed by atoms with E-state index < -0.39 is 33.2 Å². The topological polar surface area (TPSA) is 128 Å². The Labute approximate surface area is 276 Å². The maximum absolute atomic E-state index is 13.4. The van der Waals surface area contributed by atoms with Crippen LogP contribution in [0.15, 0.2) is 48.6 Å². The van der Waals surface area contributed by atoms with E-state index in [2.05, 4.69) is 21.8 Å². The first-order valence-corrected chi connectivity index (χ1v) is 18.4. The first-order chi connectivity index (χ1) is 22.0. The van der Waals surface area contributed by atoms with Gasteiger partial charge in [0.25, 0.3) is 5.91 Å². The molecule has 2 amide bonds. The molecule has 1 fully saturated rings. The van der Waals surface area contributed by atoms with Gasteiger partial charge in [-0.3, -0.25) is 9.59 Å². The van der Waals surface area contributed by atoms with E-state index in [1.54, 1.807) is 32.0 Å². The zero-order chi connectivity index (χ0) is 32.6. The number of anilines is 1. The molecular formula is C35H44ClN3O6S. The second kappa shape index (κ2) is 13.2.